The van der Waals surface area contributed by atoms with Crippen molar-refractivity contribution >= 4 is 22.6 Å². The predicted octanol–water partition coefficient (Wildman–Crippen LogP) is 5.25. The molecule has 0 atom stereocenters. The number of pyridine rings is 1. The summed E-state index contributed by atoms with van der Waals surface area (Å²) in [6.07, 6.45) is 7.29. The molecule has 0 saturated carbocycles. The second-order valence-electron chi connectivity index (χ2n) is 8.37. The first-order chi connectivity index (χ1) is 17.2. The third-order valence-corrected chi connectivity index (χ3v) is 6.08. The molecule has 0 saturated heterocycles. The van der Waals surface area contributed by atoms with E-state index in [4.69, 9.17) is 4.74 Å². The molecule has 0 aliphatic rings. The van der Waals surface area contributed by atoms with E-state index in [9.17, 15) is 4.79 Å². The molecule has 1 amide bonds. The van der Waals surface area contributed by atoms with Gasteiger partial charge < -0.3 is 15.0 Å². The van der Waals surface area contributed by atoms with Gasteiger partial charge in [-0.25, -0.2) is 0 Å². The maximum Gasteiger partial charge on any atom is 0.225 e. The van der Waals surface area contributed by atoms with Crippen LogP contribution in [0.15, 0.2) is 85.3 Å². The number of aryl methyl sites for hydroxylation is 3. The van der Waals surface area contributed by atoms with Gasteiger partial charge in [-0.15, -0.1) is 0 Å². The molecular weight excluding hydrogens is 438 g/mol. The number of para-hydroxylation sites is 1. The minimum Gasteiger partial charge on any atom is -0.497 e. The first-order valence-corrected chi connectivity index (χ1v) is 11.7. The van der Waals surface area contributed by atoms with E-state index in [0.717, 1.165) is 46.4 Å². The number of aromatic amines is 1. The zero-order valence-corrected chi connectivity index (χ0v) is 19.6. The summed E-state index contributed by atoms with van der Waals surface area (Å²) in [5.41, 5.74) is 5.48. The molecule has 0 aliphatic heterocycles. The van der Waals surface area contributed by atoms with Crippen LogP contribution in [-0.2, 0) is 24.2 Å². The number of amides is 1. The van der Waals surface area contributed by atoms with E-state index in [0.29, 0.717) is 18.7 Å². The van der Waals surface area contributed by atoms with Gasteiger partial charge in [-0.05, 0) is 72.0 Å². The van der Waals surface area contributed by atoms with Crippen molar-refractivity contribution in [3.63, 3.8) is 0 Å². The number of ether oxygens (including phenoxy) is 1. The van der Waals surface area contributed by atoms with Crippen molar-refractivity contribution in [3.8, 4) is 17.0 Å². The molecule has 0 radical (unpaired) electrons. The highest BCUT2D eigenvalue weighted by Crippen LogP contribution is 2.32. The monoisotopic (exact) mass is 465 g/mol. The minimum atomic E-state index is -0.0599. The number of nitrogens with zero attached hydrogens (tertiary/aromatic N) is 3. The van der Waals surface area contributed by atoms with Gasteiger partial charge in [-0.2, -0.15) is 5.10 Å². The third kappa shape index (κ3) is 5.24. The summed E-state index contributed by atoms with van der Waals surface area (Å²) >= 11 is 0. The predicted molar refractivity (Wildman–Crippen MR) is 137 cm³/mol. The number of fused-ring (bicyclic) bond motifs is 1. The van der Waals surface area contributed by atoms with Crippen molar-refractivity contribution in [2.24, 2.45) is 0 Å². The Morgan fingerprint density at radius 3 is 2.60 bits per heavy atom. The normalized spacial score (nSPS) is 11.0. The molecule has 176 valence electrons. The van der Waals surface area contributed by atoms with Crippen molar-refractivity contribution in [2.45, 2.75) is 25.8 Å². The lowest BCUT2D eigenvalue weighted by Crippen LogP contribution is -2.13. The lowest BCUT2D eigenvalue weighted by Gasteiger charge is -2.07. The van der Waals surface area contributed by atoms with Gasteiger partial charge in [0, 0.05) is 54.2 Å². The van der Waals surface area contributed by atoms with Crippen molar-refractivity contribution in [2.75, 3.05) is 12.4 Å². The smallest absolute Gasteiger partial charge is 0.225 e. The molecule has 35 heavy (non-hydrogen) atoms. The van der Waals surface area contributed by atoms with E-state index in [-0.39, 0.29) is 5.91 Å². The van der Waals surface area contributed by atoms with Crippen LogP contribution in [-0.4, -0.2) is 32.8 Å². The van der Waals surface area contributed by atoms with Crippen LogP contribution in [0.1, 0.15) is 17.5 Å². The van der Waals surface area contributed by atoms with E-state index < -0.39 is 0 Å². The molecule has 0 fully saturated rings. The highest BCUT2D eigenvalue weighted by molar-refractivity contribution is 5.93. The van der Waals surface area contributed by atoms with Crippen molar-refractivity contribution in [3.05, 3.63) is 96.4 Å². The van der Waals surface area contributed by atoms with Gasteiger partial charge in [0.05, 0.1) is 7.11 Å². The van der Waals surface area contributed by atoms with Crippen LogP contribution < -0.4 is 10.1 Å². The molecule has 3 aromatic heterocycles. The van der Waals surface area contributed by atoms with Crippen LogP contribution in [0, 0.1) is 0 Å². The highest BCUT2D eigenvalue weighted by atomic mass is 16.5. The molecule has 0 aliphatic carbocycles. The maximum absolute atomic E-state index is 12.8. The van der Waals surface area contributed by atoms with Gasteiger partial charge in [0.1, 0.15) is 5.75 Å². The zero-order chi connectivity index (χ0) is 24.0. The number of methoxy groups -OCH3 is 1. The first kappa shape index (κ1) is 22.4. The van der Waals surface area contributed by atoms with E-state index in [2.05, 4.69) is 32.5 Å². The van der Waals surface area contributed by atoms with E-state index in [1.165, 1.54) is 5.56 Å². The average Bonchev–Trinajstić information content (AvgIpc) is 3.51. The number of hydrogen-bond donors (Lipinski definition) is 2. The topological polar surface area (TPSA) is 84.8 Å². The number of carbonyl (C=O) groups excluding carboxylic acids is 1. The van der Waals surface area contributed by atoms with Crippen LogP contribution in [0.4, 0.5) is 5.82 Å². The van der Waals surface area contributed by atoms with Gasteiger partial charge in [-0.3, -0.25) is 14.5 Å². The van der Waals surface area contributed by atoms with Gasteiger partial charge in [-0.1, -0.05) is 18.2 Å². The molecule has 2 N–H and O–H groups in total. The van der Waals surface area contributed by atoms with Crippen molar-refractivity contribution in [1.29, 1.82) is 0 Å². The van der Waals surface area contributed by atoms with E-state index >= 15 is 0 Å². The second-order valence-corrected chi connectivity index (χ2v) is 8.37. The number of carbonyl (C=O) groups is 1. The summed E-state index contributed by atoms with van der Waals surface area (Å²) in [6.45, 7) is 0.737. The third-order valence-electron chi connectivity index (χ3n) is 6.08. The maximum atomic E-state index is 12.8. The van der Waals surface area contributed by atoms with Crippen LogP contribution in [0.2, 0.25) is 0 Å². The fraction of sp³-hybridized carbons (Fsp3) is 0.179. The quantitative estimate of drug-likeness (QED) is 0.311. The summed E-state index contributed by atoms with van der Waals surface area (Å²) in [5.74, 6) is 1.32. The summed E-state index contributed by atoms with van der Waals surface area (Å²) < 4.78 is 7.14. The minimum absolute atomic E-state index is 0.0599. The molecular formula is C28H27N5O2. The second kappa shape index (κ2) is 10.3. The Balaban J connectivity index is 1.25. The number of hydrogen-bond acceptors (Lipinski definition) is 4. The number of aromatic nitrogens is 4. The number of nitrogens with one attached hydrogen (secondary N) is 2. The van der Waals surface area contributed by atoms with Crippen molar-refractivity contribution in [1.82, 2.24) is 19.7 Å². The number of rotatable bonds is 9. The van der Waals surface area contributed by atoms with Gasteiger partial charge in [0.15, 0.2) is 5.82 Å². The zero-order valence-electron chi connectivity index (χ0n) is 19.6. The molecule has 5 rings (SSSR count). The molecule has 7 heteroatoms. The number of anilines is 1. The number of benzene rings is 2. The Morgan fingerprint density at radius 2 is 1.80 bits per heavy atom. The lowest BCUT2D eigenvalue weighted by atomic mass is 10.0. The standard InChI is InChI=1S/C28H27N5O2/c1-35-22-8-6-21(7-9-22)28-24(23-4-2-3-5-25(23)30-28)10-11-27(34)31-26-15-19-33(32-26)18-14-20-12-16-29-17-13-20/h2-9,12-13,15-17,19,30H,10-11,14,18H2,1H3,(H,31,32,34). The van der Waals surface area contributed by atoms with Crippen LogP contribution >= 0.6 is 0 Å². The Morgan fingerprint density at radius 1 is 1.00 bits per heavy atom. The summed E-state index contributed by atoms with van der Waals surface area (Å²) in [4.78, 5) is 20.3. The fourth-order valence-electron chi connectivity index (χ4n) is 4.25. The largest absolute Gasteiger partial charge is 0.497 e. The SMILES string of the molecule is COc1ccc(-c2[nH]c3ccccc3c2CCC(=O)Nc2ccn(CCc3ccncc3)n2)cc1. The van der Waals surface area contributed by atoms with E-state index in [1.54, 1.807) is 19.5 Å². The molecule has 5 aromatic rings. The fourth-order valence-corrected chi connectivity index (χ4v) is 4.25. The Kier molecular flexibility index (Phi) is 6.57. The summed E-state index contributed by atoms with van der Waals surface area (Å²) in [5, 5.41) is 8.56. The molecule has 3 heterocycles. The van der Waals surface area contributed by atoms with E-state index in [1.807, 2.05) is 65.5 Å². The Labute approximate surface area is 203 Å². The highest BCUT2D eigenvalue weighted by Gasteiger charge is 2.15. The van der Waals surface area contributed by atoms with Crippen molar-refractivity contribution < 1.29 is 9.53 Å². The molecule has 0 unspecified atom stereocenters. The Bertz CT molecular complexity index is 1420. The molecule has 2 aromatic carbocycles. The first-order valence-electron chi connectivity index (χ1n) is 11.7. The molecule has 0 bridgehead atoms. The average molecular weight is 466 g/mol. The number of H-pyrrole nitrogens is 1. The molecule has 0 spiro atoms. The lowest BCUT2D eigenvalue weighted by molar-refractivity contribution is -0.116. The van der Waals surface area contributed by atoms with Gasteiger partial charge in [0.2, 0.25) is 5.91 Å². The molecule has 7 nitrogen and oxygen atoms in total. The van der Waals surface area contributed by atoms with Crippen LogP contribution in [0.25, 0.3) is 22.2 Å². The summed E-state index contributed by atoms with van der Waals surface area (Å²) in [6, 6.07) is 22.0. The van der Waals surface area contributed by atoms with Gasteiger partial charge in [0.25, 0.3) is 0 Å². The van der Waals surface area contributed by atoms with Crippen LogP contribution in [0.3, 0.4) is 0 Å². The van der Waals surface area contributed by atoms with Crippen LogP contribution in [0.5, 0.6) is 5.75 Å². The summed E-state index contributed by atoms with van der Waals surface area (Å²) in [7, 11) is 1.66. The Hall–Kier alpha value is -4.39. The van der Waals surface area contributed by atoms with Gasteiger partial charge >= 0.3 is 0 Å².